The molecule has 0 rings (SSSR count). The van der Waals surface area contributed by atoms with E-state index in [1.807, 2.05) is 0 Å². The number of hydrogen-bond donors (Lipinski definition) is 3. The fourth-order valence-electron chi connectivity index (χ4n) is 5.36. The molecule has 0 aromatic carbocycles. The maximum absolute atomic E-state index is 10.3. The van der Waals surface area contributed by atoms with Crippen molar-refractivity contribution in [3.05, 3.63) is 12.2 Å². The molecule has 2 unspecified atom stereocenters. The number of aliphatic carboxylic acids is 1. The zero-order valence-corrected chi connectivity index (χ0v) is 28.8. The third-order valence-corrected chi connectivity index (χ3v) is 8.26. The molecule has 0 radical (unpaired) electrons. The molecule has 0 spiro atoms. The first-order valence-electron chi connectivity index (χ1n) is 18.7. The summed E-state index contributed by atoms with van der Waals surface area (Å²) in [6, 6.07) is 0. The van der Waals surface area contributed by atoms with Gasteiger partial charge in [0.05, 0.1) is 12.2 Å². The Balaban J connectivity index is 0. The van der Waals surface area contributed by atoms with Crippen LogP contribution in [0.4, 0.5) is 0 Å². The van der Waals surface area contributed by atoms with E-state index in [0.717, 1.165) is 64.2 Å². The van der Waals surface area contributed by atoms with Crippen LogP contribution in [0.2, 0.25) is 0 Å². The molecule has 4 nitrogen and oxygen atoms in total. The lowest BCUT2D eigenvalue weighted by Crippen LogP contribution is -2.05. The van der Waals surface area contributed by atoms with Crippen molar-refractivity contribution in [3.63, 3.8) is 0 Å². The van der Waals surface area contributed by atoms with Crippen molar-refractivity contribution >= 4 is 5.97 Å². The van der Waals surface area contributed by atoms with Crippen molar-refractivity contribution < 1.29 is 20.1 Å². The Morgan fingerprint density at radius 3 is 1.29 bits per heavy atom. The number of rotatable bonds is 32. The quantitative estimate of drug-likeness (QED) is 0.0533. The van der Waals surface area contributed by atoms with Gasteiger partial charge >= 0.3 is 5.97 Å². The van der Waals surface area contributed by atoms with Gasteiger partial charge in [-0.2, -0.15) is 0 Å². The molecular formula is C38H76O4. The molecule has 42 heavy (non-hydrogen) atoms. The number of aliphatic hydroxyl groups is 2. The highest BCUT2D eigenvalue weighted by Gasteiger charge is 2.04. The van der Waals surface area contributed by atoms with Gasteiger partial charge in [-0.25, -0.2) is 0 Å². The maximum Gasteiger partial charge on any atom is 0.303 e. The summed E-state index contributed by atoms with van der Waals surface area (Å²) in [5.41, 5.74) is 0. The Labute approximate surface area is 263 Å². The van der Waals surface area contributed by atoms with Crippen molar-refractivity contribution in [2.75, 3.05) is 0 Å². The predicted molar refractivity (Wildman–Crippen MR) is 184 cm³/mol. The minimum absolute atomic E-state index is 0.0271. The lowest BCUT2D eigenvalue weighted by atomic mass is 10.0. The number of carboxylic acid groups (broad SMARTS) is 1. The largest absolute Gasteiger partial charge is 0.481 e. The lowest BCUT2D eigenvalue weighted by molar-refractivity contribution is -0.137. The second-order valence-electron chi connectivity index (χ2n) is 12.7. The highest BCUT2D eigenvalue weighted by Crippen LogP contribution is 2.15. The molecule has 3 N–H and O–H groups in total. The van der Waals surface area contributed by atoms with Gasteiger partial charge in [0.2, 0.25) is 0 Å². The summed E-state index contributed by atoms with van der Waals surface area (Å²) in [4.78, 5) is 10.3. The first-order valence-corrected chi connectivity index (χ1v) is 18.7. The smallest absolute Gasteiger partial charge is 0.303 e. The van der Waals surface area contributed by atoms with Crippen molar-refractivity contribution in [3.8, 4) is 0 Å². The van der Waals surface area contributed by atoms with Crippen LogP contribution < -0.4 is 0 Å². The van der Waals surface area contributed by atoms with Gasteiger partial charge in [-0.15, -0.1) is 0 Å². The van der Waals surface area contributed by atoms with E-state index in [0.29, 0.717) is 6.42 Å². The zero-order chi connectivity index (χ0) is 31.4. The average molecular weight is 597 g/mol. The Kier molecular flexibility index (Phi) is 39.3. The van der Waals surface area contributed by atoms with E-state index in [9.17, 15) is 15.0 Å². The summed E-state index contributed by atoms with van der Waals surface area (Å²) in [5, 5.41) is 28.3. The first-order chi connectivity index (χ1) is 20.5. The van der Waals surface area contributed by atoms with Crippen molar-refractivity contribution in [1.29, 1.82) is 0 Å². The van der Waals surface area contributed by atoms with Crippen LogP contribution in [0.3, 0.4) is 0 Å². The van der Waals surface area contributed by atoms with E-state index in [4.69, 9.17) is 5.11 Å². The summed E-state index contributed by atoms with van der Waals surface area (Å²) in [6.07, 6.45) is 39.7. The summed E-state index contributed by atoms with van der Waals surface area (Å²) in [5.74, 6) is -0.689. The molecule has 0 fully saturated rings. The summed E-state index contributed by atoms with van der Waals surface area (Å²) < 4.78 is 0. The van der Waals surface area contributed by atoms with E-state index in [2.05, 4.69) is 32.9 Å². The number of allylic oxidation sites excluding steroid dienone is 1. The van der Waals surface area contributed by atoms with Crippen LogP contribution in [0.15, 0.2) is 12.2 Å². The van der Waals surface area contributed by atoms with Gasteiger partial charge in [0.1, 0.15) is 0 Å². The molecule has 0 saturated heterocycles. The van der Waals surface area contributed by atoms with E-state index >= 15 is 0 Å². The van der Waals surface area contributed by atoms with Crippen LogP contribution in [0.1, 0.15) is 213 Å². The molecule has 0 heterocycles. The second kappa shape index (κ2) is 38.2. The van der Waals surface area contributed by atoms with Crippen LogP contribution in [0, 0.1) is 0 Å². The molecule has 0 aliphatic carbocycles. The summed E-state index contributed by atoms with van der Waals surface area (Å²) in [7, 11) is 0. The molecule has 0 bridgehead atoms. The van der Waals surface area contributed by atoms with Crippen molar-refractivity contribution in [1.82, 2.24) is 0 Å². The number of carbonyl (C=O) groups is 1. The first kappa shape index (κ1) is 43.3. The van der Waals surface area contributed by atoms with E-state index in [-0.39, 0.29) is 12.2 Å². The topological polar surface area (TPSA) is 77.8 Å². The second-order valence-corrected chi connectivity index (χ2v) is 12.7. The standard InChI is InChI=1S/C20H42O.C18H34O3/c1-3-5-7-9-11-12-13-15-17-19-20(21)18-16-14-10-8-6-4-2;1-2-3-4-11-14-17(19)15-12-9-7-5-6-8-10-13-16-18(20)21/h20-21H,3-19H2,1-2H3;9,12,17,19H,2-8,10-11,13-16H2,1H3,(H,20,21)/b;12-9-. The molecule has 0 aromatic rings. The third-order valence-electron chi connectivity index (χ3n) is 8.26. The van der Waals surface area contributed by atoms with Gasteiger partial charge < -0.3 is 15.3 Å². The summed E-state index contributed by atoms with van der Waals surface area (Å²) in [6.45, 7) is 6.73. The van der Waals surface area contributed by atoms with Gasteiger partial charge in [-0.05, 0) is 44.9 Å². The minimum Gasteiger partial charge on any atom is -0.481 e. The molecule has 4 heteroatoms. The van der Waals surface area contributed by atoms with Gasteiger partial charge in [0, 0.05) is 6.42 Å². The molecule has 0 aromatic heterocycles. The van der Waals surface area contributed by atoms with Crippen molar-refractivity contribution in [2.24, 2.45) is 0 Å². The maximum atomic E-state index is 10.3. The Hall–Kier alpha value is -0.870. The van der Waals surface area contributed by atoms with Gasteiger partial charge in [-0.3, -0.25) is 4.79 Å². The Morgan fingerprint density at radius 1 is 0.476 bits per heavy atom. The predicted octanol–water partition coefficient (Wildman–Crippen LogP) is 12.1. The summed E-state index contributed by atoms with van der Waals surface area (Å²) >= 11 is 0. The number of unbranched alkanes of at least 4 members (excludes halogenated alkanes) is 21. The highest BCUT2D eigenvalue weighted by molar-refractivity contribution is 5.66. The number of carboxylic acids is 1. The monoisotopic (exact) mass is 597 g/mol. The minimum atomic E-state index is -0.689. The Bertz CT molecular complexity index is 533. The third kappa shape index (κ3) is 41.3. The number of hydrogen-bond acceptors (Lipinski definition) is 3. The average Bonchev–Trinajstić information content (AvgIpc) is 2.97. The number of aliphatic hydroxyl groups excluding tert-OH is 2. The molecule has 0 saturated carbocycles. The fourth-order valence-corrected chi connectivity index (χ4v) is 5.36. The molecule has 252 valence electrons. The van der Waals surface area contributed by atoms with Crippen LogP contribution >= 0.6 is 0 Å². The molecular weight excluding hydrogens is 520 g/mol. The van der Waals surface area contributed by atoms with Crippen LogP contribution in [0.5, 0.6) is 0 Å². The molecule has 0 aliphatic heterocycles. The van der Waals surface area contributed by atoms with Crippen molar-refractivity contribution in [2.45, 2.75) is 226 Å². The molecule has 0 amide bonds. The molecule has 0 aliphatic rings. The van der Waals surface area contributed by atoms with Gasteiger partial charge in [0.25, 0.3) is 0 Å². The normalized spacial score (nSPS) is 12.8. The van der Waals surface area contributed by atoms with E-state index in [1.165, 1.54) is 122 Å². The SMILES string of the molecule is CCCCCCC(O)C/C=C\CCCCCCCC(=O)O.CCCCCCCCCCCC(O)CCCCCCCC. The Morgan fingerprint density at radius 2 is 0.833 bits per heavy atom. The van der Waals surface area contributed by atoms with Gasteiger partial charge in [0.15, 0.2) is 0 Å². The lowest BCUT2D eigenvalue weighted by Gasteiger charge is -2.10. The zero-order valence-electron chi connectivity index (χ0n) is 28.8. The van der Waals surface area contributed by atoms with E-state index in [1.54, 1.807) is 0 Å². The van der Waals surface area contributed by atoms with Crippen LogP contribution in [-0.2, 0) is 4.79 Å². The van der Waals surface area contributed by atoms with E-state index < -0.39 is 5.97 Å². The molecule has 2 atom stereocenters. The van der Waals surface area contributed by atoms with Crippen LogP contribution in [0.25, 0.3) is 0 Å². The van der Waals surface area contributed by atoms with Crippen LogP contribution in [-0.4, -0.2) is 33.5 Å². The fraction of sp³-hybridized carbons (Fsp3) is 0.921. The highest BCUT2D eigenvalue weighted by atomic mass is 16.4. The van der Waals surface area contributed by atoms with Gasteiger partial charge in [-0.1, -0.05) is 174 Å².